The van der Waals surface area contributed by atoms with Crippen molar-refractivity contribution in [2.24, 2.45) is 0 Å². The number of methoxy groups -OCH3 is 1. The minimum Gasteiger partial charge on any atom is -0.468 e. The Labute approximate surface area is 146 Å². The summed E-state index contributed by atoms with van der Waals surface area (Å²) in [5.74, 6) is -0.646. The van der Waals surface area contributed by atoms with Crippen LogP contribution in [-0.2, 0) is 19.6 Å². The fraction of sp³-hybridized carbons (Fsp3) is 0.235. The summed E-state index contributed by atoms with van der Waals surface area (Å²) in [6.45, 7) is 3.30. The topological polar surface area (TPSA) is 63.7 Å². The molecule has 2 rings (SSSR count). The van der Waals surface area contributed by atoms with E-state index in [1.807, 2.05) is 13.0 Å². The molecule has 2 aromatic carbocycles. The quantitative estimate of drug-likeness (QED) is 0.760. The Bertz CT molecular complexity index is 847. The van der Waals surface area contributed by atoms with E-state index in [1.165, 1.54) is 31.4 Å². The fourth-order valence-electron chi connectivity index (χ4n) is 2.30. The summed E-state index contributed by atoms with van der Waals surface area (Å²) in [6.07, 6.45) is 0. The van der Waals surface area contributed by atoms with Crippen molar-refractivity contribution in [2.75, 3.05) is 18.0 Å². The molecule has 0 fully saturated rings. The van der Waals surface area contributed by atoms with Crippen molar-refractivity contribution in [1.82, 2.24) is 0 Å². The number of ether oxygens (including phenoxy) is 1. The number of anilines is 1. The van der Waals surface area contributed by atoms with E-state index < -0.39 is 22.5 Å². The smallest absolute Gasteiger partial charge is 0.326 e. The number of halogens is 1. The monoisotopic (exact) mass is 367 g/mol. The number of aryl methyl sites for hydroxylation is 2. The van der Waals surface area contributed by atoms with Crippen LogP contribution < -0.4 is 4.31 Å². The Balaban J connectivity index is 2.57. The van der Waals surface area contributed by atoms with Gasteiger partial charge in [0.1, 0.15) is 6.54 Å². The summed E-state index contributed by atoms with van der Waals surface area (Å²) in [5.41, 5.74) is 2.18. The van der Waals surface area contributed by atoms with E-state index in [2.05, 4.69) is 4.74 Å². The first-order valence-corrected chi connectivity index (χ1v) is 9.00. The molecule has 0 aliphatic rings. The second-order valence-electron chi connectivity index (χ2n) is 5.33. The Kier molecular flexibility index (Phi) is 5.51. The average Bonchev–Trinajstić information content (AvgIpc) is 2.53. The number of benzene rings is 2. The zero-order valence-corrected chi connectivity index (χ0v) is 15.2. The second-order valence-corrected chi connectivity index (χ2v) is 7.63. The first-order chi connectivity index (χ1) is 11.3. The van der Waals surface area contributed by atoms with Gasteiger partial charge in [-0.3, -0.25) is 9.10 Å². The third-order valence-corrected chi connectivity index (χ3v) is 5.55. The van der Waals surface area contributed by atoms with Crippen molar-refractivity contribution in [3.63, 3.8) is 0 Å². The van der Waals surface area contributed by atoms with E-state index in [0.29, 0.717) is 10.7 Å². The fourth-order valence-corrected chi connectivity index (χ4v) is 3.90. The summed E-state index contributed by atoms with van der Waals surface area (Å²) in [7, 11) is -2.72. The van der Waals surface area contributed by atoms with Crippen LogP contribution in [0.5, 0.6) is 0 Å². The van der Waals surface area contributed by atoms with Gasteiger partial charge in [-0.25, -0.2) is 8.42 Å². The molecule has 128 valence electrons. The molecule has 0 atom stereocenters. The summed E-state index contributed by atoms with van der Waals surface area (Å²) in [6, 6.07) is 11.1. The molecule has 0 bridgehead atoms. The van der Waals surface area contributed by atoms with Gasteiger partial charge in [0.05, 0.1) is 17.7 Å². The zero-order chi connectivity index (χ0) is 17.9. The van der Waals surface area contributed by atoms with E-state index >= 15 is 0 Å². The molecule has 0 aliphatic heterocycles. The van der Waals surface area contributed by atoms with Crippen LogP contribution in [0.4, 0.5) is 5.69 Å². The molecule has 0 N–H and O–H groups in total. The molecule has 7 heteroatoms. The zero-order valence-electron chi connectivity index (χ0n) is 13.6. The standard InChI is InChI=1S/C17H18ClNO4S/c1-12-4-9-16(13(2)10-12)19(11-17(20)23-3)24(21,22)15-7-5-14(18)6-8-15/h4-10H,11H2,1-3H3. The predicted molar refractivity (Wildman–Crippen MR) is 93.9 cm³/mol. The lowest BCUT2D eigenvalue weighted by molar-refractivity contribution is -0.138. The maximum Gasteiger partial charge on any atom is 0.326 e. The Morgan fingerprint density at radius 1 is 1.12 bits per heavy atom. The number of rotatable bonds is 5. The van der Waals surface area contributed by atoms with Crippen LogP contribution in [0.1, 0.15) is 11.1 Å². The highest BCUT2D eigenvalue weighted by molar-refractivity contribution is 7.92. The van der Waals surface area contributed by atoms with Gasteiger partial charge in [0.2, 0.25) is 0 Å². The molecule has 24 heavy (non-hydrogen) atoms. The van der Waals surface area contributed by atoms with Crippen LogP contribution in [0, 0.1) is 13.8 Å². The predicted octanol–water partition coefficient (Wildman–Crippen LogP) is 3.33. The van der Waals surface area contributed by atoms with Gasteiger partial charge in [-0.2, -0.15) is 0 Å². The van der Waals surface area contributed by atoms with Crippen LogP contribution in [0.2, 0.25) is 5.02 Å². The lowest BCUT2D eigenvalue weighted by Crippen LogP contribution is -2.36. The highest BCUT2D eigenvalue weighted by Gasteiger charge is 2.28. The molecule has 0 amide bonds. The van der Waals surface area contributed by atoms with E-state index in [1.54, 1.807) is 19.1 Å². The highest BCUT2D eigenvalue weighted by Crippen LogP contribution is 2.28. The van der Waals surface area contributed by atoms with E-state index in [0.717, 1.165) is 15.4 Å². The molecule has 0 aliphatic carbocycles. The number of esters is 1. The Morgan fingerprint density at radius 3 is 2.29 bits per heavy atom. The van der Waals surface area contributed by atoms with Crippen molar-refractivity contribution >= 4 is 33.3 Å². The van der Waals surface area contributed by atoms with E-state index in [-0.39, 0.29) is 4.90 Å². The van der Waals surface area contributed by atoms with Crippen molar-refractivity contribution in [3.8, 4) is 0 Å². The van der Waals surface area contributed by atoms with E-state index in [9.17, 15) is 13.2 Å². The number of sulfonamides is 1. The van der Waals surface area contributed by atoms with Crippen molar-refractivity contribution in [2.45, 2.75) is 18.7 Å². The minimum atomic E-state index is -3.94. The number of carbonyl (C=O) groups excluding carboxylic acids is 1. The third kappa shape index (κ3) is 3.88. The molecular formula is C17H18ClNO4S. The number of nitrogens with zero attached hydrogens (tertiary/aromatic N) is 1. The third-order valence-electron chi connectivity index (χ3n) is 3.52. The molecule has 0 aromatic heterocycles. The highest BCUT2D eigenvalue weighted by atomic mass is 35.5. The van der Waals surface area contributed by atoms with Gasteiger partial charge in [0.25, 0.3) is 10.0 Å². The molecular weight excluding hydrogens is 350 g/mol. The molecule has 2 aromatic rings. The first kappa shape index (κ1) is 18.3. The van der Waals surface area contributed by atoms with Crippen LogP contribution >= 0.6 is 11.6 Å². The van der Waals surface area contributed by atoms with Crippen LogP contribution in [0.15, 0.2) is 47.4 Å². The van der Waals surface area contributed by atoms with Gasteiger partial charge in [0, 0.05) is 5.02 Å². The van der Waals surface area contributed by atoms with Crippen molar-refractivity contribution in [3.05, 3.63) is 58.6 Å². The van der Waals surface area contributed by atoms with Crippen LogP contribution in [0.25, 0.3) is 0 Å². The molecule has 0 heterocycles. The van der Waals surface area contributed by atoms with Crippen LogP contribution in [-0.4, -0.2) is 28.0 Å². The molecule has 5 nitrogen and oxygen atoms in total. The SMILES string of the molecule is COC(=O)CN(c1ccc(C)cc1C)S(=O)(=O)c1ccc(Cl)cc1. The largest absolute Gasteiger partial charge is 0.468 e. The second kappa shape index (κ2) is 7.23. The van der Waals surface area contributed by atoms with Crippen LogP contribution in [0.3, 0.4) is 0 Å². The Hall–Kier alpha value is -2.05. The van der Waals surface area contributed by atoms with Gasteiger partial charge in [-0.15, -0.1) is 0 Å². The molecule has 0 radical (unpaired) electrons. The summed E-state index contributed by atoms with van der Waals surface area (Å²) >= 11 is 5.83. The Morgan fingerprint density at radius 2 is 1.75 bits per heavy atom. The van der Waals surface area contributed by atoms with Gasteiger partial charge in [0.15, 0.2) is 0 Å². The summed E-state index contributed by atoms with van der Waals surface area (Å²) < 4.78 is 31.7. The maximum atomic E-state index is 13.0. The lowest BCUT2D eigenvalue weighted by Gasteiger charge is -2.25. The van der Waals surface area contributed by atoms with Gasteiger partial charge in [-0.05, 0) is 49.7 Å². The van der Waals surface area contributed by atoms with Gasteiger partial charge >= 0.3 is 5.97 Å². The lowest BCUT2D eigenvalue weighted by atomic mass is 10.1. The summed E-state index contributed by atoms with van der Waals surface area (Å²) in [5, 5.41) is 0.431. The molecule has 0 saturated heterocycles. The molecule has 0 spiro atoms. The number of hydrogen-bond acceptors (Lipinski definition) is 4. The molecule has 0 unspecified atom stereocenters. The van der Waals surface area contributed by atoms with E-state index in [4.69, 9.17) is 11.6 Å². The van der Waals surface area contributed by atoms with Gasteiger partial charge in [-0.1, -0.05) is 29.3 Å². The number of hydrogen-bond donors (Lipinski definition) is 0. The van der Waals surface area contributed by atoms with Crippen molar-refractivity contribution < 1.29 is 17.9 Å². The maximum absolute atomic E-state index is 13.0. The average molecular weight is 368 g/mol. The van der Waals surface area contributed by atoms with Crippen molar-refractivity contribution in [1.29, 1.82) is 0 Å². The molecule has 0 saturated carbocycles. The van der Waals surface area contributed by atoms with Gasteiger partial charge < -0.3 is 4.74 Å². The number of carbonyl (C=O) groups is 1. The minimum absolute atomic E-state index is 0.0516. The summed E-state index contributed by atoms with van der Waals surface area (Å²) in [4.78, 5) is 11.8. The normalized spacial score (nSPS) is 11.2. The first-order valence-electron chi connectivity index (χ1n) is 7.18.